The van der Waals surface area contributed by atoms with Gasteiger partial charge in [-0.05, 0) is 37.8 Å². The molecular weight excluding hydrogens is 461 g/mol. The van der Waals surface area contributed by atoms with Crippen molar-refractivity contribution in [3.8, 4) is 0 Å². The fraction of sp³-hybridized carbons (Fsp3) is 0.556. The Morgan fingerprint density at radius 1 is 1.31 bits per heavy atom. The minimum Gasteiger partial charge on any atom is -0.360 e. The van der Waals surface area contributed by atoms with Gasteiger partial charge < -0.3 is 20.9 Å². The van der Waals surface area contributed by atoms with E-state index in [4.69, 9.17) is 0 Å². The van der Waals surface area contributed by atoms with Crippen molar-refractivity contribution in [2.75, 3.05) is 44.4 Å². The Balaban J connectivity index is 0.00000338. The molecule has 1 aromatic rings. The predicted molar refractivity (Wildman–Crippen MR) is 123 cm³/mol. The van der Waals surface area contributed by atoms with Gasteiger partial charge in [0.2, 0.25) is 5.91 Å². The van der Waals surface area contributed by atoms with Crippen LogP contribution in [0.1, 0.15) is 19.4 Å². The normalized spacial score (nSPS) is 15.2. The molecule has 146 valence electrons. The predicted octanol–water partition coefficient (Wildman–Crippen LogP) is 2.05. The minimum atomic E-state index is 0. The molecule has 0 spiro atoms. The number of anilines is 1. The minimum absolute atomic E-state index is 0. The quantitative estimate of drug-likeness (QED) is 0.323. The largest absolute Gasteiger partial charge is 0.360 e. The zero-order valence-corrected chi connectivity index (χ0v) is 19.1. The van der Waals surface area contributed by atoms with E-state index in [1.807, 2.05) is 11.8 Å². The monoisotopic (exact) mass is 491 g/mol. The van der Waals surface area contributed by atoms with Gasteiger partial charge in [0, 0.05) is 43.7 Å². The number of aliphatic imine (C=N–C) groups is 1. The second-order valence-electron chi connectivity index (χ2n) is 6.68. The highest BCUT2D eigenvalue weighted by Gasteiger charge is 2.17. The lowest BCUT2D eigenvalue weighted by Gasteiger charge is -2.28. The summed E-state index contributed by atoms with van der Waals surface area (Å²) in [7, 11) is 1.78. The van der Waals surface area contributed by atoms with E-state index >= 15 is 0 Å². The first kappa shape index (κ1) is 22.9. The van der Waals surface area contributed by atoms with Gasteiger partial charge in [0.05, 0.1) is 6.54 Å². The molecule has 2 rings (SSSR count). The summed E-state index contributed by atoms with van der Waals surface area (Å²) in [6.45, 7) is 7.96. The lowest BCUT2D eigenvalue weighted by Crippen LogP contribution is -2.47. The number of halogens is 1. The summed E-state index contributed by atoms with van der Waals surface area (Å²) >= 11 is 1.83. The SMILES string of the molecule is CN=C(NCc1ccc(N2CCNC(=O)C2)cc1)NCC(C)(C)SC.I. The van der Waals surface area contributed by atoms with Crippen molar-refractivity contribution in [1.82, 2.24) is 16.0 Å². The number of carbonyl (C=O) groups excluding carboxylic acids is 1. The van der Waals surface area contributed by atoms with E-state index < -0.39 is 0 Å². The van der Waals surface area contributed by atoms with Gasteiger partial charge in [0.1, 0.15) is 0 Å². The molecule has 1 heterocycles. The Kier molecular flexibility index (Phi) is 9.56. The Hall–Kier alpha value is -1.16. The van der Waals surface area contributed by atoms with Crippen LogP contribution in [0.2, 0.25) is 0 Å². The number of piperazine rings is 1. The number of guanidine groups is 1. The average molecular weight is 491 g/mol. The molecule has 0 aromatic heterocycles. The molecule has 0 saturated carbocycles. The summed E-state index contributed by atoms with van der Waals surface area (Å²) in [6.07, 6.45) is 2.12. The lowest BCUT2D eigenvalue weighted by atomic mass is 10.2. The number of nitrogens with one attached hydrogen (secondary N) is 3. The maximum Gasteiger partial charge on any atom is 0.239 e. The van der Waals surface area contributed by atoms with E-state index in [9.17, 15) is 4.79 Å². The Bertz CT molecular complexity index is 606. The zero-order chi connectivity index (χ0) is 18.3. The van der Waals surface area contributed by atoms with Crippen molar-refractivity contribution < 1.29 is 4.79 Å². The van der Waals surface area contributed by atoms with Crippen molar-refractivity contribution >= 4 is 53.3 Å². The van der Waals surface area contributed by atoms with Gasteiger partial charge in [-0.25, -0.2) is 0 Å². The summed E-state index contributed by atoms with van der Waals surface area (Å²) in [5.74, 6) is 0.888. The first-order valence-electron chi connectivity index (χ1n) is 8.54. The number of benzene rings is 1. The van der Waals surface area contributed by atoms with E-state index in [1.165, 1.54) is 5.56 Å². The van der Waals surface area contributed by atoms with Gasteiger partial charge in [-0.2, -0.15) is 11.8 Å². The summed E-state index contributed by atoms with van der Waals surface area (Å²) in [6, 6.07) is 8.33. The van der Waals surface area contributed by atoms with E-state index in [0.717, 1.165) is 24.7 Å². The van der Waals surface area contributed by atoms with Gasteiger partial charge >= 0.3 is 0 Å². The van der Waals surface area contributed by atoms with Gasteiger partial charge in [-0.1, -0.05) is 12.1 Å². The highest BCUT2D eigenvalue weighted by Crippen LogP contribution is 2.19. The van der Waals surface area contributed by atoms with E-state index in [2.05, 4.69) is 70.2 Å². The fourth-order valence-electron chi connectivity index (χ4n) is 2.46. The van der Waals surface area contributed by atoms with Crippen LogP contribution in [-0.2, 0) is 11.3 Å². The topological polar surface area (TPSA) is 68.8 Å². The smallest absolute Gasteiger partial charge is 0.239 e. The van der Waals surface area contributed by atoms with Gasteiger partial charge in [-0.15, -0.1) is 24.0 Å². The number of carbonyl (C=O) groups is 1. The molecule has 1 amide bonds. The first-order valence-corrected chi connectivity index (χ1v) is 9.76. The molecule has 0 bridgehead atoms. The van der Waals surface area contributed by atoms with Crippen molar-refractivity contribution in [3.63, 3.8) is 0 Å². The molecule has 1 aliphatic rings. The molecule has 1 aromatic carbocycles. The number of rotatable bonds is 6. The summed E-state index contributed by atoms with van der Waals surface area (Å²) in [5.41, 5.74) is 2.26. The van der Waals surface area contributed by atoms with Crippen LogP contribution < -0.4 is 20.9 Å². The van der Waals surface area contributed by atoms with E-state index in [0.29, 0.717) is 19.6 Å². The first-order chi connectivity index (χ1) is 11.9. The third kappa shape index (κ3) is 7.22. The Morgan fingerprint density at radius 2 is 2.00 bits per heavy atom. The molecule has 0 aliphatic carbocycles. The zero-order valence-electron chi connectivity index (χ0n) is 16.0. The second-order valence-corrected chi connectivity index (χ2v) is 8.19. The number of hydrogen-bond donors (Lipinski definition) is 3. The Morgan fingerprint density at radius 3 is 2.58 bits per heavy atom. The number of amides is 1. The molecule has 1 aliphatic heterocycles. The van der Waals surface area contributed by atoms with Gasteiger partial charge in [0.25, 0.3) is 0 Å². The molecule has 1 fully saturated rings. The van der Waals surface area contributed by atoms with Crippen LogP contribution in [0, 0.1) is 0 Å². The van der Waals surface area contributed by atoms with E-state index in [1.54, 1.807) is 7.05 Å². The summed E-state index contributed by atoms with van der Waals surface area (Å²) in [5, 5.41) is 9.55. The van der Waals surface area contributed by atoms with Crippen LogP contribution >= 0.6 is 35.7 Å². The lowest BCUT2D eigenvalue weighted by molar-refractivity contribution is -0.120. The second kappa shape index (κ2) is 10.9. The van der Waals surface area contributed by atoms with Crippen LogP contribution in [0.3, 0.4) is 0 Å². The summed E-state index contributed by atoms with van der Waals surface area (Å²) < 4.78 is 0.167. The highest BCUT2D eigenvalue weighted by atomic mass is 127. The maximum atomic E-state index is 11.5. The molecule has 26 heavy (non-hydrogen) atoms. The fourth-order valence-corrected chi connectivity index (χ4v) is 2.68. The van der Waals surface area contributed by atoms with Crippen LogP contribution in [0.4, 0.5) is 5.69 Å². The third-order valence-electron chi connectivity index (χ3n) is 4.26. The van der Waals surface area contributed by atoms with Crippen LogP contribution in [0.25, 0.3) is 0 Å². The van der Waals surface area contributed by atoms with Gasteiger partial charge in [-0.3, -0.25) is 9.79 Å². The number of nitrogens with zero attached hydrogens (tertiary/aromatic N) is 2. The van der Waals surface area contributed by atoms with Crippen LogP contribution in [0.15, 0.2) is 29.3 Å². The summed E-state index contributed by atoms with van der Waals surface area (Å²) in [4.78, 5) is 17.9. The molecule has 3 N–H and O–H groups in total. The van der Waals surface area contributed by atoms with Gasteiger partial charge in [0.15, 0.2) is 5.96 Å². The molecule has 0 radical (unpaired) electrons. The molecule has 6 nitrogen and oxygen atoms in total. The van der Waals surface area contributed by atoms with Crippen molar-refractivity contribution in [1.29, 1.82) is 0 Å². The molecule has 1 saturated heterocycles. The van der Waals surface area contributed by atoms with Crippen molar-refractivity contribution in [2.24, 2.45) is 4.99 Å². The molecular formula is C18H30IN5OS. The van der Waals surface area contributed by atoms with Crippen LogP contribution in [0.5, 0.6) is 0 Å². The number of thioether (sulfide) groups is 1. The Labute approximate surface area is 178 Å². The van der Waals surface area contributed by atoms with Crippen molar-refractivity contribution in [3.05, 3.63) is 29.8 Å². The average Bonchev–Trinajstić information content (AvgIpc) is 2.62. The standard InChI is InChI=1S/C18H29N5OS.HI/c1-18(2,25-4)13-22-17(19-3)21-11-14-5-7-15(8-6-14)23-10-9-20-16(24)12-23;/h5-8H,9-13H2,1-4H3,(H,20,24)(H2,19,21,22);1H. The third-order valence-corrected chi connectivity index (χ3v) is 5.51. The molecule has 8 heteroatoms. The highest BCUT2D eigenvalue weighted by molar-refractivity contribution is 14.0. The number of hydrogen-bond acceptors (Lipinski definition) is 4. The maximum absolute atomic E-state index is 11.5. The molecule has 0 unspecified atom stereocenters. The van der Waals surface area contributed by atoms with E-state index in [-0.39, 0.29) is 34.6 Å². The molecule has 0 atom stereocenters. The van der Waals surface area contributed by atoms with Crippen LogP contribution in [-0.4, -0.2) is 56.1 Å². The van der Waals surface area contributed by atoms with Crippen molar-refractivity contribution in [2.45, 2.75) is 25.1 Å².